The Morgan fingerprint density at radius 1 is 1.53 bits per heavy atom. The lowest BCUT2D eigenvalue weighted by molar-refractivity contribution is 0.779. The summed E-state index contributed by atoms with van der Waals surface area (Å²) in [6.45, 7) is 6.30. The third kappa shape index (κ3) is 4.04. The smallest absolute Gasteiger partial charge is 0.0702 e. The van der Waals surface area contributed by atoms with Gasteiger partial charge in [-0.2, -0.15) is 5.10 Å². The van der Waals surface area contributed by atoms with Crippen LogP contribution in [0, 0.1) is 12.3 Å². The maximum atomic E-state index is 7.54. The van der Waals surface area contributed by atoms with Crippen LogP contribution in [-0.2, 0) is 0 Å². The zero-order valence-electron chi connectivity index (χ0n) is 10.8. The number of allylic oxidation sites excluding steroid dienone is 2. The molecule has 94 valence electrons. The molecule has 0 unspecified atom stereocenters. The Balaban J connectivity index is 2.71. The lowest BCUT2D eigenvalue weighted by atomic mass is 10.1. The molecular weight excluding hydrogens is 230 g/mol. The first-order valence-corrected chi connectivity index (χ1v) is 7.03. The average molecular weight is 251 g/mol. The predicted molar refractivity (Wildman–Crippen MR) is 76.7 cm³/mol. The van der Waals surface area contributed by atoms with Gasteiger partial charge in [0, 0.05) is 11.8 Å². The van der Waals surface area contributed by atoms with Crippen LogP contribution < -0.4 is 0 Å². The maximum Gasteiger partial charge on any atom is 0.0702 e. The van der Waals surface area contributed by atoms with Crippen LogP contribution in [-0.4, -0.2) is 22.2 Å². The standard InChI is InChI=1S/C13H21N3S/c1-4-5-6-7-17-11(3)12(8-14)13-10(2)9-15-16-13/h8-9,14H,4-7H2,1-3H3,(H,15,16)/b12-11+,14-8?. The summed E-state index contributed by atoms with van der Waals surface area (Å²) in [5.74, 6) is 1.13. The second-order valence-corrected chi connectivity index (χ2v) is 5.41. The normalized spacial score (nSPS) is 12.4. The third-order valence-corrected chi connectivity index (χ3v) is 3.83. The number of thioether (sulfide) groups is 1. The minimum Gasteiger partial charge on any atom is -0.308 e. The number of rotatable bonds is 7. The van der Waals surface area contributed by atoms with E-state index in [1.54, 1.807) is 6.20 Å². The first-order chi connectivity index (χ1) is 8.20. The van der Waals surface area contributed by atoms with E-state index in [2.05, 4.69) is 24.0 Å². The highest BCUT2D eigenvalue weighted by Crippen LogP contribution is 2.26. The fourth-order valence-corrected chi connectivity index (χ4v) is 2.60. The quantitative estimate of drug-likeness (QED) is 0.568. The molecule has 0 aliphatic rings. The van der Waals surface area contributed by atoms with Crippen molar-refractivity contribution < 1.29 is 0 Å². The van der Waals surface area contributed by atoms with E-state index in [9.17, 15) is 0 Å². The van der Waals surface area contributed by atoms with E-state index in [0.29, 0.717) is 0 Å². The zero-order chi connectivity index (χ0) is 12.7. The Morgan fingerprint density at radius 2 is 2.29 bits per heavy atom. The van der Waals surface area contributed by atoms with Gasteiger partial charge in [-0.25, -0.2) is 0 Å². The minimum absolute atomic E-state index is 0.960. The van der Waals surface area contributed by atoms with Crippen LogP contribution in [0.3, 0.4) is 0 Å². The number of aromatic amines is 1. The van der Waals surface area contributed by atoms with Gasteiger partial charge in [-0.15, -0.1) is 11.8 Å². The monoisotopic (exact) mass is 251 g/mol. The molecule has 0 saturated heterocycles. The van der Waals surface area contributed by atoms with Crippen molar-refractivity contribution in [2.75, 3.05) is 5.75 Å². The van der Waals surface area contributed by atoms with Crippen LogP contribution in [0.4, 0.5) is 0 Å². The van der Waals surface area contributed by atoms with Gasteiger partial charge in [0.2, 0.25) is 0 Å². The Labute approximate surface area is 108 Å². The summed E-state index contributed by atoms with van der Waals surface area (Å²) in [7, 11) is 0. The molecule has 0 aliphatic heterocycles. The summed E-state index contributed by atoms with van der Waals surface area (Å²) in [5, 5.41) is 14.5. The lowest BCUT2D eigenvalue weighted by Crippen LogP contribution is -1.92. The molecule has 0 atom stereocenters. The molecule has 3 nitrogen and oxygen atoms in total. The highest BCUT2D eigenvalue weighted by molar-refractivity contribution is 8.03. The van der Waals surface area contributed by atoms with Crippen molar-refractivity contribution in [3.05, 3.63) is 22.4 Å². The molecule has 1 rings (SSSR count). The van der Waals surface area contributed by atoms with E-state index in [-0.39, 0.29) is 0 Å². The number of unbranched alkanes of at least 4 members (excludes halogenated alkanes) is 2. The van der Waals surface area contributed by atoms with Gasteiger partial charge in [-0.05, 0) is 36.5 Å². The summed E-state index contributed by atoms with van der Waals surface area (Å²) in [5.41, 5.74) is 3.03. The van der Waals surface area contributed by atoms with Gasteiger partial charge in [-0.1, -0.05) is 19.8 Å². The molecule has 0 amide bonds. The van der Waals surface area contributed by atoms with Gasteiger partial charge >= 0.3 is 0 Å². The zero-order valence-corrected chi connectivity index (χ0v) is 11.7. The number of aromatic nitrogens is 2. The molecule has 0 spiro atoms. The molecule has 0 fully saturated rings. The number of nitrogens with zero attached hydrogens (tertiary/aromatic N) is 1. The SMILES string of the molecule is CCCCCS/C(C)=C(\C=N)c1[nH]ncc1C. The number of hydrogen-bond acceptors (Lipinski definition) is 3. The Hall–Kier alpha value is -1.03. The van der Waals surface area contributed by atoms with Crippen molar-refractivity contribution in [1.29, 1.82) is 5.41 Å². The molecule has 0 aliphatic carbocycles. The van der Waals surface area contributed by atoms with Gasteiger partial charge < -0.3 is 5.41 Å². The van der Waals surface area contributed by atoms with Crippen LogP contribution >= 0.6 is 11.8 Å². The van der Waals surface area contributed by atoms with Gasteiger partial charge in [0.1, 0.15) is 0 Å². The molecule has 1 aromatic rings. The summed E-state index contributed by atoms with van der Waals surface area (Å²) in [6.07, 6.45) is 6.99. The van der Waals surface area contributed by atoms with Gasteiger partial charge in [0.25, 0.3) is 0 Å². The van der Waals surface area contributed by atoms with E-state index in [1.165, 1.54) is 30.4 Å². The number of hydrogen-bond donors (Lipinski definition) is 2. The molecule has 0 radical (unpaired) electrons. The molecule has 1 aromatic heterocycles. The van der Waals surface area contributed by atoms with Gasteiger partial charge in [0.05, 0.1) is 11.9 Å². The first-order valence-electron chi connectivity index (χ1n) is 6.05. The Kier molecular flexibility index (Phi) is 6.05. The summed E-state index contributed by atoms with van der Waals surface area (Å²) < 4.78 is 0. The first kappa shape index (κ1) is 14.0. The van der Waals surface area contributed by atoms with E-state index < -0.39 is 0 Å². The number of nitrogens with one attached hydrogen (secondary N) is 2. The molecule has 0 aromatic carbocycles. The third-order valence-electron chi connectivity index (χ3n) is 2.69. The Morgan fingerprint density at radius 3 is 2.82 bits per heavy atom. The molecule has 0 saturated carbocycles. The second-order valence-electron chi connectivity index (χ2n) is 4.10. The van der Waals surface area contributed by atoms with Crippen LogP contribution in [0.5, 0.6) is 0 Å². The van der Waals surface area contributed by atoms with E-state index in [4.69, 9.17) is 5.41 Å². The van der Waals surface area contributed by atoms with Crippen molar-refractivity contribution >= 4 is 23.5 Å². The van der Waals surface area contributed by atoms with Crippen molar-refractivity contribution in [3.8, 4) is 0 Å². The van der Waals surface area contributed by atoms with Crippen molar-refractivity contribution in [2.45, 2.75) is 40.0 Å². The molecule has 2 N–H and O–H groups in total. The van der Waals surface area contributed by atoms with Gasteiger partial charge in [0.15, 0.2) is 0 Å². The van der Waals surface area contributed by atoms with Gasteiger partial charge in [-0.3, -0.25) is 5.10 Å². The lowest BCUT2D eigenvalue weighted by Gasteiger charge is -2.06. The Bertz CT molecular complexity index is 393. The van der Waals surface area contributed by atoms with Crippen molar-refractivity contribution in [3.63, 3.8) is 0 Å². The number of H-pyrrole nitrogens is 1. The van der Waals surface area contributed by atoms with Crippen molar-refractivity contribution in [1.82, 2.24) is 10.2 Å². The number of aryl methyl sites for hydroxylation is 1. The molecule has 17 heavy (non-hydrogen) atoms. The predicted octanol–water partition coefficient (Wildman–Crippen LogP) is 4.02. The topological polar surface area (TPSA) is 52.5 Å². The molecular formula is C13H21N3S. The van der Waals surface area contributed by atoms with Crippen LogP contribution in [0.1, 0.15) is 44.4 Å². The molecule has 0 bridgehead atoms. The highest BCUT2D eigenvalue weighted by Gasteiger charge is 2.08. The van der Waals surface area contributed by atoms with Crippen molar-refractivity contribution in [2.24, 2.45) is 0 Å². The van der Waals surface area contributed by atoms with E-state index in [0.717, 1.165) is 22.6 Å². The maximum absolute atomic E-state index is 7.54. The molecule has 1 heterocycles. The van der Waals surface area contributed by atoms with E-state index in [1.807, 2.05) is 18.7 Å². The second kappa shape index (κ2) is 7.33. The van der Waals surface area contributed by atoms with E-state index >= 15 is 0 Å². The van der Waals surface area contributed by atoms with Crippen LogP contribution in [0.25, 0.3) is 5.57 Å². The largest absolute Gasteiger partial charge is 0.308 e. The summed E-state index contributed by atoms with van der Waals surface area (Å²) >= 11 is 1.84. The molecule has 4 heteroatoms. The highest BCUT2D eigenvalue weighted by atomic mass is 32.2. The fraction of sp³-hybridized carbons (Fsp3) is 0.538. The van der Waals surface area contributed by atoms with Crippen LogP contribution in [0.15, 0.2) is 11.1 Å². The minimum atomic E-state index is 0.960. The summed E-state index contributed by atoms with van der Waals surface area (Å²) in [6, 6.07) is 0. The summed E-state index contributed by atoms with van der Waals surface area (Å²) in [4.78, 5) is 1.20. The average Bonchev–Trinajstić information content (AvgIpc) is 2.72. The fourth-order valence-electron chi connectivity index (χ4n) is 1.62. The van der Waals surface area contributed by atoms with Crippen LogP contribution in [0.2, 0.25) is 0 Å².